The zero-order chi connectivity index (χ0) is 53.4. The molecular weight excluding hydrogens is 1130 g/mol. The fourth-order valence-corrected chi connectivity index (χ4v) is 10.8. The third kappa shape index (κ3) is 10.1. The molecule has 0 spiro atoms. The molecule has 0 fully saturated rings. The summed E-state index contributed by atoms with van der Waals surface area (Å²) in [5, 5.41) is 2.18. The van der Waals surface area contributed by atoms with Crippen LogP contribution in [0.5, 0.6) is 11.5 Å². The Kier molecular flexibility index (Phi) is 14.2. The summed E-state index contributed by atoms with van der Waals surface area (Å²) in [5.74, 6) is 2.32. The van der Waals surface area contributed by atoms with Crippen LogP contribution in [-0.2, 0) is 31.9 Å². The number of aryl methyl sites for hydroxylation is 2. The first-order valence-electron chi connectivity index (χ1n) is 26.7. The number of aromatic nitrogens is 2. The van der Waals surface area contributed by atoms with Crippen molar-refractivity contribution in [3.05, 3.63) is 222 Å². The molecular formula is C70H66FN4OPt-3. The van der Waals surface area contributed by atoms with Crippen LogP contribution in [0.1, 0.15) is 114 Å². The normalized spacial score (nSPS) is 12.8. The van der Waals surface area contributed by atoms with Gasteiger partial charge in [0.15, 0.2) is 0 Å². The molecule has 7 heteroatoms. The average molecular weight is 1190 g/mol. The molecule has 0 radical (unpaired) electrons. The predicted octanol–water partition coefficient (Wildman–Crippen LogP) is 19.6. The topological polar surface area (TPSA) is 33.5 Å². The van der Waals surface area contributed by atoms with Crippen LogP contribution in [0.15, 0.2) is 164 Å². The first-order valence-corrected chi connectivity index (χ1v) is 26.7. The summed E-state index contributed by atoms with van der Waals surface area (Å²) in [5.41, 5.74) is 19.1. The summed E-state index contributed by atoms with van der Waals surface area (Å²) in [6, 6.07) is 62.5. The molecule has 77 heavy (non-hydrogen) atoms. The van der Waals surface area contributed by atoms with Gasteiger partial charge in [-0.1, -0.05) is 154 Å². The van der Waals surface area contributed by atoms with Gasteiger partial charge in [-0.2, -0.15) is 6.07 Å². The van der Waals surface area contributed by atoms with E-state index in [2.05, 4.69) is 244 Å². The van der Waals surface area contributed by atoms with E-state index < -0.39 is 0 Å². The van der Waals surface area contributed by atoms with Crippen LogP contribution in [-0.4, -0.2) is 9.55 Å². The Balaban J connectivity index is 0.00000672. The zero-order valence-electron chi connectivity index (χ0n) is 46.2. The zero-order valence-corrected chi connectivity index (χ0v) is 48.5. The van der Waals surface area contributed by atoms with E-state index in [1.807, 2.05) is 24.4 Å². The SMILES string of the molecule is Cc1cccc(C)c1-c1cc(Oc2[c-]c3c(cc2)c2ccccc2n3-c2cc(C(C)(C)C)ccn2)[c-]c(N2[CH-]N(c3c(-c4ccc(F)cc4)cc(C(C)(C)C)cc3-c3cc(C(C)C)cc(C(C)C)c3)c3ccccc32)c1.[Pt]. The fourth-order valence-electron chi connectivity index (χ4n) is 10.8. The van der Waals surface area contributed by atoms with Crippen molar-refractivity contribution in [2.24, 2.45) is 0 Å². The molecule has 0 bridgehead atoms. The summed E-state index contributed by atoms with van der Waals surface area (Å²) in [7, 11) is 0. The van der Waals surface area contributed by atoms with E-state index in [0.29, 0.717) is 23.3 Å². The number of pyridine rings is 1. The maximum Gasteiger partial charge on any atom is 0.135 e. The summed E-state index contributed by atoms with van der Waals surface area (Å²) in [6.45, 7) is 29.1. The van der Waals surface area contributed by atoms with Crippen LogP contribution in [0.3, 0.4) is 0 Å². The van der Waals surface area contributed by atoms with Crippen LogP contribution in [0.4, 0.5) is 27.1 Å². The van der Waals surface area contributed by atoms with Crippen LogP contribution < -0.4 is 14.5 Å². The number of hydrogen-bond acceptors (Lipinski definition) is 4. The number of nitrogens with zero attached hydrogens (tertiary/aromatic N) is 4. The van der Waals surface area contributed by atoms with Gasteiger partial charge in [-0.15, -0.1) is 53.6 Å². The second-order valence-electron chi connectivity index (χ2n) is 23.3. The Morgan fingerprint density at radius 2 is 1.18 bits per heavy atom. The minimum Gasteiger partial charge on any atom is -0.509 e. The van der Waals surface area contributed by atoms with Gasteiger partial charge in [-0.25, -0.2) is 9.37 Å². The van der Waals surface area contributed by atoms with Gasteiger partial charge in [0.1, 0.15) is 11.6 Å². The van der Waals surface area contributed by atoms with Gasteiger partial charge in [0.2, 0.25) is 0 Å². The number of hydrogen-bond donors (Lipinski definition) is 0. The predicted molar refractivity (Wildman–Crippen MR) is 316 cm³/mol. The van der Waals surface area contributed by atoms with E-state index >= 15 is 0 Å². The van der Waals surface area contributed by atoms with Gasteiger partial charge in [0.25, 0.3) is 0 Å². The number of anilines is 4. The number of rotatable bonds is 10. The third-order valence-corrected chi connectivity index (χ3v) is 15.1. The molecule has 0 N–H and O–H groups in total. The van der Waals surface area contributed by atoms with Gasteiger partial charge >= 0.3 is 0 Å². The van der Waals surface area contributed by atoms with Crippen LogP contribution in [0, 0.1) is 38.5 Å². The Morgan fingerprint density at radius 1 is 0.558 bits per heavy atom. The minimum absolute atomic E-state index is 0. The number of halogens is 1. The Morgan fingerprint density at radius 3 is 1.83 bits per heavy atom. The molecule has 1 aliphatic rings. The molecule has 0 saturated carbocycles. The first kappa shape index (κ1) is 53.1. The Bertz CT molecular complexity index is 3810. The smallest absolute Gasteiger partial charge is 0.135 e. The molecule has 1 aliphatic heterocycles. The maximum atomic E-state index is 14.9. The number of ether oxygens (including phenoxy) is 1. The van der Waals surface area contributed by atoms with E-state index in [0.717, 1.165) is 94.9 Å². The molecule has 10 aromatic rings. The van der Waals surface area contributed by atoms with Gasteiger partial charge in [0.05, 0.1) is 0 Å². The second kappa shape index (κ2) is 20.6. The van der Waals surface area contributed by atoms with E-state index in [-0.39, 0.29) is 37.7 Å². The Labute approximate surface area is 469 Å². The van der Waals surface area contributed by atoms with E-state index in [1.54, 1.807) is 12.1 Å². The average Bonchev–Trinajstić information content (AvgIpc) is 3.96. The molecule has 0 atom stereocenters. The summed E-state index contributed by atoms with van der Waals surface area (Å²) < 4.78 is 24.1. The molecule has 8 aromatic carbocycles. The molecule has 392 valence electrons. The minimum atomic E-state index is -0.270. The van der Waals surface area contributed by atoms with E-state index in [4.69, 9.17) is 9.72 Å². The van der Waals surface area contributed by atoms with Crippen molar-refractivity contribution in [1.82, 2.24) is 9.55 Å². The van der Waals surface area contributed by atoms with E-state index in [1.165, 1.54) is 22.3 Å². The van der Waals surface area contributed by atoms with Crippen LogP contribution >= 0.6 is 0 Å². The van der Waals surface area contributed by atoms with Gasteiger partial charge in [0, 0.05) is 72.5 Å². The Hall–Kier alpha value is -7.27. The maximum absolute atomic E-state index is 14.9. The van der Waals surface area contributed by atoms with Gasteiger partial charge < -0.3 is 19.1 Å². The quantitative estimate of drug-likeness (QED) is 0.128. The fraction of sp³-hybridized carbons (Fsp3) is 0.229. The molecule has 5 nitrogen and oxygen atoms in total. The molecule has 0 aliphatic carbocycles. The van der Waals surface area contributed by atoms with Crippen molar-refractivity contribution in [2.45, 2.75) is 106 Å². The van der Waals surface area contributed by atoms with Gasteiger partial charge in [-0.05, 0) is 147 Å². The third-order valence-electron chi connectivity index (χ3n) is 15.1. The second-order valence-corrected chi connectivity index (χ2v) is 23.3. The number of fused-ring (bicyclic) bond motifs is 4. The van der Waals surface area contributed by atoms with Crippen molar-refractivity contribution in [3.8, 4) is 50.7 Å². The number of para-hydroxylation sites is 3. The molecule has 3 heterocycles. The molecule has 0 unspecified atom stereocenters. The van der Waals surface area contributed by atoms with Crippen molar-refractivity contribution in [3.63, 3.8) is 0 Å². The van der Waals surface area contributed by atoms with Crippen molar-refractivity contribution >= 4 is 44.6 Å². The molecule has 11 rings (SSSR count). The van der Waals surface area contributed by atoms with Gasteiger partial charge in [-0.3, -0.25) is 0 Å². The standard InChI is InChI=1S/C70H66FN4O.Pt/c1-43(2)48-32-49(44(3)4)34-50(33-48)61-38-53(70(10,11)12)37-60(47-24-26-54(71)27-25-47)68(61)74-42-73(63-22-15-16-23-64(63)74)55-35-51(67-45(5)18-17-19-46(67)6)36-57(40-55)76-56-28-29-59-58-20-13-14-21-62(58)75(65(59)41-56)66-39-52(30-31-72-66)69(7,8)9;/h13-39,42-44H,1-12H3;/q-3;. The molecule has 0 amide bonds. The van der Waals surface area contributed by atoms with Crippen LogP contribution in [0.2, 0.25) is 0 Å². The van der Waals surface area contributed by atoms with Crippen molar-refractivity contribution < 1.29 is 30.2 Å². The van der Waals surface area contributed by atoms with Crippen molar-refractivity contribution in [2.75, 3.05) is 9.80 Å². The summed E-state index contributed by atoms with van der Waals surface area (Å²) in [4.78, 5) is 9.49. The summed E-state index contributed by atoms with van der Waals surface area (Å²) in [6.07, 6.45) is 1.90. The molecule has 2 aromatic heterocycles. The van der Waals surface area contributed by atoms with Crippen LogP contribution in [0.25, 0.3) is 61.0 Å². The largest absolute Gasteiger partial charge is 0.509 e. The van der Waals surface area contributed by atoms with Crippen molar-refractivity contribution in [1.29, 1.82) is 0 Å². The first-order chi connectivity index (χ1) is 36.3. The molecule has 0 saturated heterocycles. The van der Waals surface area contributed by atoms with E-state index in [9.17, 15) is 4.39 Å². The monoisotopic (exact) mass is 1190 g/mol. The summed E-state index contributed by atoms with van der Waals surface area (Å²) >= 11 is 0. The number of benzene rings is 8.